The van der Waals surface area contributed by atoms with Gasteiger partial charge in [0.1, 0.15) is 0 Å². The Morgan fingerprint density at radius 3 is 2.18 bits per heavy atom. The summed E-state index contributed by atoms with van der Waals surface area (Å²) in [5.41, 5.74) is 4.04. The first-order chi connectivity index (χ1) is 21.8. The quantitative estimate of drug-likeness (QED) is 0.198. The Bertz CT molecular complexity index is 1560. The molecule has 1 amide bonds. The molecule has 2 saturated heterocycles. The molecule has 2 fully saturated rings. The van der Waals surface area contributed by atoms with Gasteiger partial charge in [0.05, 0.1) is 24.4 Å². The number of carbonyl (C=O) groups is 1. The molecule has 0 bridgehead atoms. The van der Waals surface area contributed by atoms with Crippen molar-refractivity contribution in [1.82, 2.24) is 4.90 Å². The molecule has 0 radical (unpaired) electrons. The van der Waals surface area contributed by atoms with Gasteiger partial charge in [0.25, 0.3) is 5.91 Å². The predicted molar refractivity (Wildman–Crippen MR) is 175 cm³/mol. The maximum Gasteiger partial charge on any atom is 0.255 e. The SMILES string of the molecule is C[C@H]1[C@@H](CN2CCC(O)(c3ccc(Cl)cc3)CC2)O[C@@H](c2ccc(NC(=O)c3ccccc3)cc2)O[C@H]1c1ccc(CO)cc1. The summed E-state index contributed by atoms with van der Waals surface area (Å²) in [7, 11) is 0. The first-order valence-corrected chi connectivity index (χ1v) is 15.9. The first-order valence-electron chi connectivity index (χ1n) is 15.5. The van der Waals surface area contributed by atoms with Crippen LogP contribution < -0.4 is 5.32 Å². The van der Waals surface area contributed by atoms with Gasteiger partial charge in [-0.1, -0.05) is 85.3 Å². The molecule has 0 aliphatic carbocycles. The minimum atomic E-state index is -0.875. The number of aliphatic hydroxyl groups excluding tert-OH is 1. The number of aliphatic hydroxyl groups is 2. The number of nitrogens with one attached hydrogen (secondary N) is 1. The summed E-state index contributed by atoms with van der Waals surface area (Å²) < 4.78 is 13.3. The van der Waals surface area contributed by atoms with Crippen molar-refractivity contribution in [2.24, 2.45) is 5.92 Å². The predicted octanol–water partition coefficient (Wildman–Crippen LogP) is 6.86. The van der Waals surface area contributed by atoms with Crippen molar-refractivity contribution in [2.45, 2.75) is 50.5 Å². The molecule has 8 heteroatoms. The van der Waals surface area contributed by atoms with E-state index in [9.17, 15) is 15.0 Å². The number of anilines is 1. The Hall–Kier alpha value is -3.56. The molecular formula is C37H39ClN2O5. The summed E-state index contributed by atoms with van der Waals surface area (Å²) in [4.78, 5) is 15.0. The lowest BCUT2D eigenvalue weighted by molar-refractivity contribution is -0.277. The highest BCUT2D eigenvalue weighted by atomic mass is 35.5. The lowest BCUT2D eigenvalue weighted by atomic mass is 9.84. The third-order valence-corrected chi connectivity index (χ3v) is 9.36. The van der Waals surface area contributed by atoms with Gasteiger partial charge in [-0.15, -0.1) is 0 Å². The van der Waals surface area contributed by atoms with Gasteiger partial charge >= 0.3 is 0 Å². The average Bonchev–Trinajstić information content (AvgIpc) is 3.08. The van der Waals surface area contributed by atoms with E-state index in [1.54, 1.807) is 12.1 Å². The fourth-order valence-electron chi connectivity index (χ4n) is 6.25. The van der Waals surface area contributed by atoms with Crippen molar-refractivity contribution < 1.29 is 24.5 Å². The summed E-state index contributed by atoms with van der Waals surface area (Å²) in [6, 6.07) is 32.1. The summed E-state index contributed by atoms with van der Waals surface area (Å²) in [6.07, 6.45) is 0.277. The van der Waals surface area contributed by atoms with Crippen LogP contribution in [0.2, 0.25) is 5.02 Å². The molecule has 3 N–H and O–H groups in total. The van der Waals surface area contributed by atoms with Crippen LogP contribution in [0.5, 0.6) is 0 Å². The molecular weight excluding hydrogens is 588 g/mol. The number of likely N-dealkylation sites (tertiary alicyclic amines) is 1. The highest BCUT2D eigenvalue weighted by Crippen LogP contribution is 2.43. The van der Waals surface area contributed by atoms with E-state index in [1.165, 1.54) is 0 Å². The van der Waals surface area contributed by atoms with Crippen molar-refractivity contribution in [3.8, 4) is 0 Å². The van der Waals surface area contributed by atoms with E-state index in [4.69, 9.17) is 21.1 Å². The lowest BCUT2D eigenvalue weighted by Gasteiger charge is -2.45. The van der Waals surface area contributed by atoms with Crippen LogP contribution in [0.3, 0.4) is 0 Å². The van der Waals surface area contributed by atoms with Gasteiger partial charge in [-0.05, 0) is 65.9 Å². The van der Waals surface area contributed by atoms with E-state index in [-0.39, 0.29) is 30.6 Å². The van der Waals surface area contributed by atoms with Gasteiger partial charge in [0, 0.05) is 47.4 Å². The fourth-order valence-corrected chi connectivity index (χ4v) is 6.38. The molecule has 4 aromatic rings. The number of ether oxygens (including phenoxy) is 2. The molecule has 2 aliphatic heterocycles. The second-order valence-electron chi connectivity index (χ2n) is 12.1. The largest absolute Gasteiger partial charge is 0.392 e. The summed E-state index contributed by atoms with van der Waals surface area (Å²) in [6.45, 7) is 4.32. The standard InChI is InChI=1S/C37H39ClN2O5/c1-25-33(23-40-21-19-37(43,20-22-40)30-13-15-31(38)16-14-30)44-36(45-34(25)27-9-7-26(24-41)8-10-27)29-11-17-32(18-12-29)39-35(42)28-5-3-2-4-6-28/h2-18,25,33-34,36,41,43H,19-24H2,1H3,(H,39,42)/t25-,33+,34+,36+/m0/s1. The van der Waals surface area contributed by atoms with Crippen molar-refractivity contribution in [3.05, 3.63) is 136 Å². The number of hydrogen-bond acceptors (Lipinski definition) is 6. The molecule has 2 aliphatic rings. The monoisotopic (exact) mass is 626 g/mol. The third kappa shape index (κ3) is 7.31. The minimum Gasteiger partial charge on any atom is -0.392 e. The van der Waals surface area contributed by atoms with E-state index in [1.807, 2.05) is 91.0 Å². The van der Waals surface area contributed by atoms with Crippen molar-refractivity contribution in [2.75, 3.05) is 25.0 Å². The van der Waals surface area contributed by atoms with E-state index >= 15 is 0 Å². The molecule has 0 saturated carbocycles. The highest BCUT2D eigenvalue weighted by molar-refractivity contribution is 6.30. The Kier molecular flexibility index (Phi) is 9.66. The number of amides is 1. The van der Waals surface area contributed by atoms with Crippen LogP contribution in [-0.4, -0.2) is 46.8 Å². The fraction of sp³-hybridized carbons (Fsp3) is 0.324. The zero-order valence-corrected chi connectivity index (χ0v) is 26.1. The maximum atomic E-state index is 12.6. The van der Waals surface area contributed by atoms with Crippen LogP contribution in [0.15, 0.2) is 103 Å². The molecule has 45 heavy (non-hydrogen) atoms. The van der Waals surface area contributed by atoms with Crippen LogP contribution in [0.4, 0.5) is 5.69 Å². The number of rotatable bonds is 8. The third-order valence-electron chi connectivity index (χ3n) is 9.10. The number of benzene rings is 4. The molecule has 4 atom stereocenters. The van der Waals surface area contributed by atoms with Crippen LogP contribution in [0, 0.1) is 5.92 Å². The van der Waals surface area contributed by atoms with E-state index in [2.05, 4.69) is 17.1 Å². The summed E-state index contributed by atoms with van der Waals surface area (Å²) >= 11 is 6.08. The zero-order valence-electron chi connectivity index (χ0n) is 25.3. The molecule has 0 unspecified atom stereocenters. The van der Waals surface area contributed by atoms with E-state index < -0.39 is 11.9 Å². The van der Waals surface area contributed by atoms with E-state index in [0.29, 0.717) is 35.7 Å². The van der Waals surface area contributed by atoms with Crippen LogP contribution in [0.1, 0.15) is 64.8 Å². The molecule has 2 heterocycles. The van der Waals surface area contributed by atoms with E-state index in [0.717, 1.165) is 35.3 Å². The Morgan fingerprint density at radius 2 is 1.53 bits per heavy atom. The van der Waals surface area contributed by atoms with Gasteiger partial charge in [-0.25, -0.2) is 0 Å². The molecule has 4 aromatic carbocycles. The summed E-state index contributed by atoms with van der Waals surface area (Å²) in [5, 5.41) is 24.6. The summed E-state index contributed by atoms with van der Waals surface area (Å²) in [5.74, 6) is -0.124. The van der Waals surface area contributed by atoms with Crippen molar-refractivity contribution >= 4 is 23.2 Å². The number of hydrogen-bond donors (Lipinski definition) is 3. The Morgan fingerprint density at radius 1 is 0.889 bits per heavy atom. The molecule has 0 spiro atoms. The van der Waals surface area contributed by atoms with Gasteiger partial charge < -0.3 is 29.9 Å². The van der Waals surface area contributed by atoms with Crippen molar-refractivity contribution in [1.29, 1.82) is 0 Å². The Balaban J connectivity index is 1.17. The lowest BCUT2D eigenvalue weighted by Crippen LogP contribution is -2.49. The van der Waals surface area contributed by atoms with Crippen LogP contribution in [0.25, 0.3) is 0 Å². The second kappa shape index (κ2) is 13.8. The molecule has 6 rings (SSSR count). The number of halogens is 1. The topological polar surface area (TPSA) is 91.3 Å². The van der Waals surface area contributed by atoms with Gasteiger partial charge in [-0.2, -0.15) is 0 Å². The van der Waals surface area contributed by atoms with Crippen LogP contribution >= 0.6 is 11.6 Å². The minimum absolute atomic E-state index is 0.0137. The molecule has 7 nitrogen and oxygen atoms in total. The highest BCUT2D eigenvalue weighted by Gasteiger charge is 2.41. The first kappa shape index (κ1) is 31.4. The zero-order chi connectivity index (χ0) is 31.4. The van der Waals surface area contributed by atoms with Gasteiger partial charge in [0.15, 0.2) is 6.29 Å². The average molecular weight is 627 g/mol. The number of carbonyl (C=O) groups excluding carboxylic acids is 1. The second-order valence-corrected chi connectivity index (χ2v) is 12.5. The maximum absolute atomic E-state index is 12.6. The number of piperidine rings is 1. The normalized spacial score (nSPS) is 23.4. The van der Waals surface area contributed by atoms with Crippen LogP contribution in [-0.2, 0) is 21.7 Å². The van der Waals surface area contributed by atoms with Gasteiger partial charge in [-0.3, -0.25) is 4.79 Å². The van der Waals surface area contributed by atoms with Crippen molar-refractivity contribution in [3.63, 3.8) is 0 Å². The smallest absolute Gasteiger partial charge is 0.255 e. The molecule has 234 valence electrons. The number of nitrogens with zero attached hydrogens (tertiary/aromatic N) is 1. The molecule has 0 aromatic heterocycles. The Labute approximate surface area is 269 Å². The van der Waals surface area contributed by atoms with Gasteiger partial charge in [0.2, 0.25) is 0 Å².